The highest BCUT2D eigenvalue weighted by Crippen LogP contribution is 2.41. The summed E-state index contributed by atoms with van der Waals surface area (Å²) in [5.74, 6) is 1.57. The van der Waals surface area contributed by atoms with Crippen LogP contribution in [0.5, 0.6) is 11.5 Å². The SMILES string of the molecule is CCNC(c1cc2c(cc1Br)OCCO2)c1sccc1Cl. The molecule has 1 atom stereocenters. The van der Waals surface area contributed by atoms with Gasteiger partial charge in [0, 0.05) is 9.35 Å². The van der Waals surface area contributed by atoms with Crippen molar-refractivity contribution in [1.29, 1.82) is 0 Å². The van der Waals surface area contributed by atoms with Crippen molar-refractivity contribution in [2.45, 2.75) is 13.0 Å². The van der Waals surface area contributed by atoms with E-state index in [9.17, 15) is 0 Å². The van der Waals surface area contributed by atoms with Gasteiger partial charge >= 0.3 is 0 Å². The van der Waals surface area contributed by atoms with Crippen LogP contribution in [0, 0.1) is 0 Å². The molecule has 2 heterocycles. The van der Waals surface area contributed by atoms with Crippen LogP contribution in [-0.2, 0) is 0 Å². The number of fused-ring (bicyclic) bond motifs is 1. The lowest BCUT2D eigenvalue weighted by molar-refractivity contribution is 0.171. The molecule has 0 aliphatic carbocycles. The molecular weight excluding hydrogens is 374 g/mol. The largest absolute Gasteiger partial charge is 0.486 e. The molecule has 0 radical (unpaired) electrons. The van der Waals surface area contributed by atoms with E-state index in [2.05, 4.69) is 28.2 Å². The summed E-state index contributed by atoms with van der Waals surface area (Å²) < 4.78 is 12.3. The first-order chi connectivity index (χ1) is 10.2. The molecule has 0 fully saturated rings. The molecule has 1 unspecified atom stereocenters. The number of benzene rings is 1. The molecule has 0 amide bonds. The van der Waals surface area contributed by atoms with Crippen LogP contribution < -0.4 is 14.8 Å². The monoisotopic (exact) mass is 387 g/mol. The second-order valence-corrected chi connectivity index (χ2v) is 6.85. The van der Waals surface area contributed by atoms with Crippen molar-refractivity contribution >= 4 is 38.9 Å². The lowest BCUT2D eigenvalue weighted by atomic mass is 10.0. The van der Waals surface area contributed by atoms with Gasteiger partial charge in [0.1, 0.15) is 13.2 Å². The van der Waals surface area contributed by atoms with E-state index in [0.29, 0.717) is 13.2 Å². The van der Waals surface area contributed by atoms with E-state index in [4.69, 9.17) is 21.1 Å². The normalized spacial score (nSPS) is 15.0. The lowest BCUT2D eigenvalue weighted by Gasteiger charge is -2.24. The first kappa shape index (κ1) is 15.2. The number of hydrogen-bond donors (Lipinski definition) is 1. The van der Waals surface area contributed by atoms with Crippen LogP contribution in [0.4, 0.5) is 0 Å². The average Bonchev–Trinajstić information content (AvgIpc) is 2.90. The summed E-state index contributed by atoms with van der Waals surface area (Å²) in [5.41, 5.74) is 1.10. The number of ether oxygens (including phenoxy) is 2. The topological polar surface area (TPSA) is 30.5 Å². The number of thiophene rings is 1. The van der Waals surface area contributed by atoms with E-state index in [1.165, 1.54) is 0 Å². The second kappa shape index (κ2) is 6.57. The molecule has 1 aliphatic heterocycles. The van der Waals surface area contributed by atoms with Crippen LogP contribution in [-0.4, -0.2) is 19.8 Å². The Kier molecular flexibility index (Phi) is 4.74. The van der Waals surface area contributed by atoms with Gasteiger partial charge < -0.3 is 14.8 Å². The first-order valence-electron chi connectivity index (χ1n) is 6.76. The third-order valence-electron chi connectivity index (χ3n) is 3.29. The highest BCUT2D eigenvalue weighted by Gasteiger charge is 2.23. The molecule has 3 nitrogen and oxygen atoms in total. The molecule has 2 aromatic rings. The highest BCUT2D eigenvalue weighted by molar-refractivity contribution is 9.10. The highest BCUT2D eigenvalue weighted by atomic mass is 79.9. The molecular formula is C15H15BrClNO2S. The van der Waals surface area contributed by atoms with Crippen LogP contribution in [0.1, 0.15) is 23.4 Å². The van der Waals surface area contributed by atoms with Gasteiger partial charge in [-0.25, -0.2) is 0 Å². The van der Waals surface area contributed by atoms with Gasteiger partial charge in [0.05, 0.1) is 11.1 Å². The molecule has 0 saturated heterocycles. The molecule has 0 spiro atoms. The van der Waals surface area contributed by atoms with Gasteiger partial charge in [-0.1, -0.05) is 34.5 Å². The van der Waals surface area contributed by atoms with Crippen LogP contribution >= 0.6 is 38.9 Å². The molecule has 1 aromatic heterocycles. The smallest absolute Gasteiger partial charge is 0.162 e. The van der Waals surface area contributed by atoms with Crippen molar-refractivity contribution in [2.24, 2.45) is 0 Å². The minimum Gasteiger partial charge on any atom is -0.486 e. The third-order valence-corrected chi connectivity index (χ3v) is 5.40. The summed E-state index contributed by atoms with van der Waals surface area (Å²) in [6, 6.07) is 5.96. The maximum atomic E-state index is 6.32. The first-order valence-corrected chi connectivity index (χ1v) is 8.81. The molecule has 112 valence electrons. The van der Waals surface area contributed by atoms with Gasteiger partial charge in [-0.2, -0.15) is 0 Å². The average molecular weight is 389 g/mol. The zero-order chi connectivity index (χ0) is 14.8. The van der Waals surface area contributed by atoms with E-state index in [1.54, 1.807) is 11.3 Å². The summed E-state index contributed by atoms with van der Waals surface area (Å²) in [6.45, 7) is 4.10. The number of rotatable bonds is 4. The molecule has 0 bridgehead atoms. The summed E-state index contributed by atoms with van der Waals surface area (Å²) in [6.07, 6.45) is 0. The van der Waals surface area contributed by atoms with Crippen LogP contribution in [0.25, 0.3) is 0 Å². The van der Waals surface area contributed by atoms with Gasteiger partial charge in [-0.3, -0.25) is 0 Å². The predicted octanol–water partition coefficient (Wildman–Crippen LogP) is 4.63. The van der Waals surface area contributed by atoms with Gasteiger partial charge in [0.25, 0.3) is 0 Å². The standard InChI is InChI=1S/C15H15BrClNO2S/c1-2-18-14(15-11(17)3-6-21-15)9-7-12-13(8-10(9)16)20-5-4-19-12/h3,6-8,14,18H,2,4-5H2,1H3. The molecule has 6 heteroatoms. The third kappa shape index (κ3) is 3.06. The van der Waals surface area contributed by atoms with Crippen LogP contribution in [0.15, 0.2) is 28.1 Å². The van der Waals surface area contributed by atoms with Crippen molar-refractivity contribution in [3.05, 3.63) is 43.5 Å². The summed E-state index contributed by atoms with van der Waals surface area (Å²) in [7, 11) is 0. The fourth-order valence-corrected chi connectivity index (χ4v) is 4.17. The molecule has 1 aliphatic rings. The van der Waals surface area contributed by atoms with Crippen molar-refractivity contribution in [2.75, 3.05) is 19.8 Å². The summed E-state index contributed by atoms with van der Waals surface area (Å²) >= 11 is 11.6. The van der Waals surface area contributed by atoms with Crippen molar-refractivity contribution < 1.29 is 9.47 Å². The van der Waals surface area contributed by atoms with Gasteiger partial charge in [-0.05, 0) is 35.7 Å². The van der Waals surface area contributed by atoms with Crippen molar-refractivity contribution in [1.82, 2.24) is 5.32 Å². The quantitative estimate of drug-likeness (QED) is 0.828. The van der Waals surface area contributed by atoms with Gasteiger partial charge in [0.15, 0.2) is 11.5 Å². The van der Waals surface area contributed by atoms with E-state index >= 15 is 0 Å². The van der Waals surface area contributed by atoms with Crippen LogP contribution in [0.3, 0.4) is 0 Å². The van der Waals surface area contributed by atoms with E-state index < -0.39 is 0 Å². The second-order valence-electron chi connectivity index (χ2n) is 4.64. The Morgan fingerprint density at radius 2 is 2.05 bits per heavy atom. The molecule has 0 saturated carbocycles. The number of hydrogen-bond acceptors (Lipinski definition) is 4. The molecule has 3 rings (SSSR count). The fourth-order valence-electron chi connectivity index (χ4n) is 2.36. The predicted molar refractivity (Wildman–Crippen MR) is 90.0 cm³/mol. The zero-order valence-corrected chi connectivity index (χ0v) is 14.6. The van der Waals surface area contributed by atoms with Gasteiger partial charge in [-0.15, -0.1) is 11.3 Å². The Bertz CT molecular complexity index is 647. The zero-order valence-electron chi connectivity index (χ0n) is 11.5. The Hall–Kier alpha value is -0.750. The maximum Gasteiger partial charge on any atom is 0.162 e. The minimum absolute atomic E-state index is 0.0349. The number of nitrogens with one attached hydrogen (secondary N) is 1. The molecule has 1 N–H and O–H groups in total. The number of halogens is 2. The minimum atomic E-state index is 0.0349. The van der Waals surface area contributed by atoms with Crippen molar-refractivity contribution in [3.63, 3.8) is 0 Å². The molecule has 1 aromatic carbocycles. The maximum absolute atomic E-state index is 6.32. The van der Waals surface area contributed by atoms with E-state index in [1.807, 2.05) is 23.6 Å². The van der Waals surface area contributed by atoms with E-state index in [0.717, 1.165) is 38.0 Å². The Morgan fingerprint density at radius 3 is 2.67 bits per heavy atom. The van der Waals surface area contributed by atoms with Gasteiger partial charge in [0.2, 0.25) is 0 Å². The Labute approximate surface area is 141 Å². The Balaban J connectivity index is 2.05. The lowest BCUT2D eigenvalue weighted by Crippen LogP contribution is -2.22. The van der Waals surface area contributed by atoms with E-state index in [-0.39, 0.29) is 6.04 Å². The van der Waals surface area contributed by atoms with Crippen LogP contribution in [0.2, 0.25) is 5.02 Å². The summed E-state index contributed by atoms with van der Waals surface area (Å²) in [5, 5.41) is 6.28. The Morgan fingerprint density at radius 1 is 1.33 bits per heavy atom. The fraction of sp³-hybridized carbons (Fsp3) is 0.333. The summed E-state index contributed by atoms with van der Waals surface area (Å²) in [4.78, 5) is 1.11. The molecule has 21 heavy (non-hydrogen) atoms. The van der Waals surface area contributed by atoms with Crippen molar-refractivity contribution in [3.8, 4) is 11.5 Å².